The minimum absolute atomic E-state index is 0.104. The molecule has 1 aromatic carbocycles. The van der Waals surface area contributed by atoms with Gasteiger partial charge in [0, 0.05) is 26.3 Å². The molecule has 0 spiro atoms. The van der Waals surface area contributed by atoms with E-state index in [4.69, 9.17) is 4.74 Å². The number of aromatic nitrogens is 4. The molecule has 3 N–H and O–H groups in total. The number of hydrogen-bond acceptors (Lipinski definition) is 7. The molecule has 0 aliphatic heterocycles. The smallest absolute Gasteiger partial charge is 0.329 e. The fraction of sp³-hybridized carbons (Fsp3) is 0.294. The molecular weight excluding hydrogens is 352 g/mol. The molecule has 10 nitrogen and oxygen atoms in total. The number of nitrogens with one attached hydrogen (secondary N) is 2. The van der Waals surface area contributed by atoms with Gasteiger partial charge in [0.25, 0.3) is 5.56 Å². The number of phenols is 1. The molecule has 0 fully saturated rings. The minimum atomic E-state index is -0.552. The van der Waals surface area contributed by atoms with Crippen LogP contribution in [-0.2, 0) is 18.3 Å². The van der Waals surface area contributed by atoms with Crippen molar-refractivity contribution in [3.63, 3.8) is 0 Å². The van der Waals surface area contributed by atoms with E-state index in [1.54, 1.807) is 42.9 Å². The maximum Gasteiger partial charge on any atom is 0.329 e. The fourth-order valence-corrected chi connectivity index (χ4v) is 2.69. The lowest BCUT2D eigenvalue weighted by Gasteiger charge is -2.08. The summed E-state index contributed by atoms with van der Waals surface area (Å²) in [5.74, 6) is 0.385. The molecule has 0 saturated heterocycles. The van der Waals surface area contributed by atoms with Crippen molar-refractivity contribution in [2.75, 3.05) is 19.1 Å². The maximum absolute atomic E-state index is 12.3. The van der Waals surface area contributed by atoms with E-state index in [9.17, 15) is 14.7 Å². The van der Waals surface area contributed by atoms with Gasteiger partial charge in [0.1, 0.15) is 5.75 Å². The lowest BCUT2D eigenvalue weighted by molar-refractivity contribution is 0.188. The normalized spacial score (nSPS) is 11.9. The number of phenolic OH excluding ortho intramolecular Hbond substituents is 1. The Bertz CT molecular complexity index is 1120. The minimum Gasteiger partial charge on any atom is -0.507 e. The number of rotatable bonds is 6. The third-order valence-corrected chi connectivity index (χ3v) is 4.14. The second-order valence-electron chi connectivity index (χ2n) is 5.90. The highest BCUT2D eigenvalue weighted by Gasteiger charge is 2.17. The number of H-pyrrole nitrogens is 1. The Hall–Kier alpha value is -3.40. The summed E-state index contributed by atoms with van der Waals surface area (Å²) in [5.41, 5.74) is 3.30. The van der Waals surface area contributed by atoms with Crippen LogP contribution in [0.5, 0.6) is 5.75 Å². The summed E-state index contributed by atoms with van der Waals surface area (Å²) in [6.07, 6.45) is 0. The molecule has 0 atom stereocenters. The topological polar surface area (TPSA) is 127 Å². The number of hydrazone groups is 1. The molecule has 27 heavy (non-hydrogen) atoms. The van der Waals surface area contributed by atoms with E-state index >= 15 is 0 Å². The molecule has 10 heteroatoms. The van der Waals surface area contributed by atoms with Crippen molar-refractivity contribution in [1.29, 1.82) is 0 Å². The summed E-state index contributed by atoms with van der Waals surface area (Å²) in [6, 6.07) is 6.81. The number of ether oxygens (including phenoxy) is 1. The molecule has 0 saturated carbocycles. The van der Waals surface area contributed by atoms with Crippen LogP contribution in [0.25, 0.3) is 11.2 Å². The van der Waals surface area contributed by atoms with Crippen molar-refractivity contribution in [2.24, 2.45) is 12.1 Å². The van der Waals surface area contributed by atoms with Crippen molar-refractivity contribution in [3.05, 3.63) is 50.7 Å². The van der Waals surface area contributed by atoms with Crippen LogP contribution in [-0.4, -0.2) is 43.6 Å². The van der Waals surface area contributed by atoms with E-state index in [0.29, 0.717) is 24.4 Å². The zero-order chi connectivity index (χ0) is 19.6. The number of para-hydroxylation sites is 1. The predicted octanol–water partition coefficient (Wildman–Crippen LogP) is 0.611. The third-order valence-electron chi connectivity index (χ3n) is 4.14. The summed E-state index contributed by atoms with van der Waals surface area (Å²) < 4.78 is 7.95. The van der Waals surface area contributed by atoms with Gasteiger partial charge < -0.3 is 14.4 Å². The number of nitrogens with zero attached hydrogens (tertiary/aromatic N) is 4. The molecule has 2 aromatic heterocycles. The highest BCUT2D eigenvalue weighted by molar-refractivity contribution is 6.01. The zero-order valence-corrected chi connectivity index (χ0v) is 15.2. The van der Waals surface area contributed by atoms with Gasteiger partial charge in [-0.15, -0.1) is 0 Å². The van der Waals surface area contributed by atoms with E-state index < -0.39 is 11.2 Å². The largest absolute Gasteiger partial charge is 0.507 e. The number of anilines is 1. The Morgan fingerprint density at radius 1 is 1.37 bits per heavy atom. The molecule has 0 aliphatic carbocycles. The van der Waals surface area contributed by atoms with Gasteiger partial charge in [-0.1, -0.05) is 12.1 Å². The summed E-state index contributed by atoms with van der Waals surface area (Å²) in [4.78, 5) is 30.7. The van der Waals surface area contributed by atoms with Crippen LogP contribution in [0.15, 0.2) is 39.0 Å². The van der Waals surface area contributed by atoms with Crippen molar-refractivity contribution in [1.82, 2.24) is 19.1 Å². The first-order valence-corrected chi connectivity index (χ1v) is 8.21. The average Bonchev–Trinajstić information content (AvgIpc) is 3.02. The van der Waals surface area contributed by atoms with Crippen LogP contribution in [0.2, 0.25) is 0 Å². The average molecular weight is 372 g/mol. The van der Waals surface area contributed by atoms with Crippen LogP contribution in [0, 0.1) is 0 Å². The first kappa shape index (κ1) is 18.4. The van der Waals surface area contributed by atoms with Crippen LogP contribution in [0.3, 0.4) is 0 Å². The van der Waals surface area contributed by atoms with E-state index in [1.165, 1.54) is 11.6 Å². The predicted molar refractivity (Wildman–Crippen MR) is 101 cm³/mol. The lowest BCUT2D eigenvalue weighted by Crippen LogP contribution is -2.29. The van der Waals surface area contributed by atoms with Gasteiger partial charge >= 0.3 is 5.69 Å². The lowest BCUT2D eigenvalue weighted by atomic mass is 10.1. The molecule has 3 aromatic rings. The summed E-state index contributed by atoms with van der Waals surface area (Å²) in [7, 11) is 3.07. The van der Waals surface area contributed by atoms with E-state index in [0.717, 1.165) is 0 Å². The molecule has 0 amide bonds. The van der Waals surface area contributed by atoms with Crippen LogP contribution >= 0.6 is 0 Å². The molecule has 2 heterocycles. The van der Waals surface area contributed by atoms with Crippen molar-refractivity contribution in [2.45, 2.75) is 13.5 Å². The number of fused-ring (bicyclic) bond motifs is 1. The number of imidazole rings is 1. The second-order valence-corrected chi connectivity index (χ2v) is 5.90. The Labute approximate surface area is 153 Å². The standard InChI is InChI=1S/C17H20N6O4/c1-10(11-6-4-5-7-12(11)24)20-21-16-18-14-13(23(16)8-9-27-3)15(25)19-17(26)22(14)2/h4-7,24H,8-9H2,1-3H3,(H,18,21)(H,19,25,26)/b20-10+. The number of methoxy groups -OCH3 is 1. The number of benzene rings is 1. The first-order chi connectivity index (χ1) is 12.9. The Morgan fingerprint density at radius 2 is 2.11 bits per heavy atom. The number of hydrogen-bond donors (Lipinski definition) is 3. The van der Waals surface area contributed by atoms with Crippen molar-refractivity contribution < 1.29 is 9.84 Å². The van der Waals surface area contributed by atoms with Gasteiger partial charge in [-0.3, -0.25) is 14.3 Å². The SMILES string of the molecule is COCCn1c(N/N=C(\C)c2ccccc2O)nc2c1c(=O)[nH]c(=O)n2C. The third kappa shape index (κ3) is 3.47. The molecule has 0 unspecified atom stereocenters. The van der Waals surface area contributed by atoms with Gasteiger partial charge in [0.05, 0.1) is 12.3 Å². The molecule has 142 valence electrons. The van der Waals surface area contributed by atoms with E-state index in [2.05, 4.69) is 20.5 Å². The highest BCUT2D eigenvalue weighted by atomic mass is 16.5. The Kier molecular flexibility index (Phi) is 5.08. The van der Waals surface area contributed by atoms with Gasteiger partial charge in [0.15, 0.2) is 11.2 Å². The summed E-state index contributed by atoms with van der Waals surface area (Å²) >= 11 is 0. The zero-order valence-electron chi connectivity index (χ0n) is 15.2. The van der Waals surface area contributed by atoms with Crippen LogP contribution in [0.1, 0.15) is 12.5 Å². The monoisotopic (exact) mass is 372 g/mol. The number of aromatic amines is 1. The Balaban J connectivity index is 2.08. The Morgan fingerprint density at radius 3 is 2.81 bits per heavy atom. The van der Waals surface area contributed by atoms with E-state index in [1.807, 2.05) is 0 Å². The van der Waals surface area contributed by atoms with Crippen molar-refractivity contribution in [3.8, 4) is 5.75 Å². The summed E-state index contributed by atoms with van der Waals surface area (Å²) in [6.45, 7) is 2.40. The van der Waals surface area contributed by atoms with Gasteiger partial charge in [-0.2, -0.15) is 10.1 Å². The van der Waals surface area contributed by atoms with Gasteiger partial charge in [-0.25, -0.2) is 10.2 Å². The van der Waals surface area contributed by atoms with Gasteiger partial charge in [-0.05, 0) is 19.1 Å². The molecular formula is C17H20N6O4. The number of aromatic hydroxyl groups is 1. The second kappa shape index (κ2) is 7.46. The van der Waals surface area contributed by atoms with Gasteiger partial charge in [0.2, 0.25) is 5.95 Å². The first-order valence-electron chi connectivity index (χ1n) is 8.21. The van der Waals surface area contributed by atoms with E-state index in [-0.39, 0.29) is 22.9 Å². The summed E-state index contributed by atoms with van der Waals surface area (Å²) in [5, 5.41) is 14.2. The fourth-order valence-electron chi connectivity index (χ4n) is 2.69. The van der Waals surface area contributed by atoms with Crippen LogP contribution in [0.4, 0.5) is 5.95 Å². The molecule has 0 bridgehead atoms. The highest BCUT2D eigenvalue weighted by Crippen LogP contribution is 2.18. The van der Waals surface area contributed by atoms with Crippen molar-refractivity contribution >= 4 is 22.8 Å². The molecule has 3 rings (SSSR count). The maximum atomic E-state index is 12.3. The number of aryl methyl sites for hydroxylation is 1. The molecule has 0 aliphatic rings. The molecule has 0 radical (unpaired) electrons. The van der Waals surface area contributed by atoms with Crippen LogP contribution < -0.4 is 16.7 Å². The quantitative estimate of drug-likeness (QED) is 0.430.